The van der Waals surface area contributed by atoms with E-state index in [-0.39, 0.29) is 12.2 Å². The van der Waals surface area contributed by atoms with Gasteiger partial charge in [-0.25, -0.2) is 0 Å². The second-order valence-corrected chi connectivity index (χ2v) is 6.21. The lowest BCUT2D eigenvalue weighted by Crippen LogP contribution is -2.26. The Morgan fingerprint density at radius 2 is 1.82 bits per heavy atom. The number of fused-ring (bicyclic) bond motifs is 6. The molecule has 22 heavy (non-hydrogen) atoms. The van der Waals surface area contributed by atoms with E-state index in [1.54, 1.807) is 0 Å². The fraction of sp³-hybridized carbons (Fsp3) is 0.353. The van der Waals surface area contributed by atoms with E-state index in [1.807, 2.05) is 24.3 Å². The molecule has 2 aromatic rings. The minimum Gasteiger partial charge on any atom is -0.368 e. The number of anilines is 1. The zero-order valence-corrected chi connectivity index (χ0v) is 11.9. The van der Waals surface area contributed by atoms with E-state index >= 15 is 0 Å². The summed E-state index contributed by atoms with van der Waals surface area (Å²) in [6.07, 6.45) is 4.85. The molecule has 4 unspecified atom stereocenters. The highest BCUT2D eigenvalue weighted by Crippen LogP contribution is 2.45. The molecule has 3 aliphatic rings. The Kier molecular flexibility index (Phi) is 2.36. The molecule has 5 rings (SSSR count). The first-order valence-electron chi connectivity index (χ1n) is 7.59. The Hall–Kier alpha value is -2.45. The summed E-state index contributed by atoms with van der Waals surface area (Å²) in [5.41, 5.74) is 2.19. The van der Waals surface area contributed by atoms with Crippen molar-refractivity contribution in [3.05, 3.63) is 42.1 Å². The van der Waals surface area contributed by atoms with Crippen LogP contribution >= 0.6 is 0 Å². The molecule has 3 aliphatic heterocycles. The Balaban J connectivity index is 1.62. The number of hydrogen-bond acceptors (Lipinski definition) is 5. The third-order valence-corrected chi connectivity index (χ3v) is 5.12. The van der Waals surface area contributed by atoms with Crippen LogP contribution in [-0.2, 0) is 4.74 Å². The molecule has 2 saturated heterocycles. The highest BCUT2D eigenvalue weighted by Gasteiger charge is 2.51. The highest BCUT2D eigenvalue weighted by molar-refractivity contribution is 5.93. The van der Waals surface area contributed by atoms with Crippen LogP contribution in [0.5, 0.6) is 0 Å². The maximum Gasteiger partial charge on any atom is 0.187 e. The molecule has 1 aromatic carbocycles. The SMILES string of the molecule is N#Cc1nnc2ccccc2c1N1CC2C3C=CC(O3)C2C1. The Labute approximate surface area is 127 Å². The lowest BCUT2D eigenvalue weighted by Gasteiger charge is -2.22. The fourth-order valence-corrected chi connectivity index (χ4v) is 4.15. The molecule has 2 fully saturated rings. The average molecular weight is 290 g/mol. The molecule has 2 bridgehead atoms. The van der Waals surface area contributed by atoms with Gasteiger partial charge in [0, 0.05) is 30.3 Å². The number of nitrogens with zero attached hydrogens (tertiary/aromatic N) is 4. The van der Waals surface area contributed by atoms with Crippen LogP contribution in [0.4, 0.5) is 5.69 Å². The minimum atomic E-state index is 0.242. The molecule has 5 nitrogen and oxygen atoms in total. The summed E-state index contributed by atoms with van der Waals surface area (Å²) in [5.74, 6) is 1.04. The molecule has 0 spiro atoms. The molecular weight excluding hydrogens is 276 g/mol. The highest BCUT2D eigenvalue weighted by atomic mass is 16.5. The number of ether oxygens (including phenoxy) is 1. The van der Waals surface area contributed by atoms with E-state index in [4.69, 9.17) is 4.74 Å². The molecule has 0 N–H and O–H groups in total. The van der Waals surface area contributed by atoms with E-state index in [2.05, 4.69) is 33.3 Å². The van der Waals surface area contributed by atoms with Gasteiger partial charge >= 0.3 is 0 Å². The van der Waals surface area contributed by atoms with Gasteiger partial charge in [-0.1, -0.05) is 30.4 Å². The zero-order valence-electron chi connectivity index (χ0n) is 11.9. The zero-order chi connectivity index (χ0) is 14.7. The summed E-state index contributed by atoms with van der Waals surface area (Å²) >= 11 is 0. The van der Waals surface area contributed by atoms with Crippen LogP contribution in [-0.4, -0.2) is 35.5 Å². The summed E-state index contributed by atoms with van der Waals surface area (Å²) in [5, 5.41) is 18.7. The fourth-order valence-electron chi connectivity index (χ4n) is 4.15. The summed E-state index contributed by atoms with van der Waals surface area (Å²) in [6.45, 7) is 1.83. The first kappa shape index (κ1) is 12.1. The lowest BCUT2D eigenvalue weighted by molar-refractivity contribution is 0.100. The van der Waals surface area contributed by atoms with Gasteiger partial charge in [0.1, 0.15) is 6.07 Å². The van der Waals surface area contributed by atoms with E-state index in [9.17, 15) is 5.26 Å². The molecular formula is C17H14N4O. The molecule has 0 aliphatic carbocycles. The maximum atomic E-state index is 9.44. The Morgan fingerprint density at radius 3 is 2.55 bits per heavy atom. The van der Waals surface area contributed by atoms with Gasteiger partial charge in [-0.15, -0.1) is 10.2 Å². The summed E-state index contributed by atoms with van der Waals surface area (Å²) in [6, 6.07) is 10.1. The number of hydrogen-bond donors (Lipinski definition) is 0. The van der Waals surface area contributed by atoms with Crippen molar-refractivity contribution in [3.63, 3.8) is 0 Å². The van der Waals surface area contributed by atoms with Crippen LogP contribution in [0.1, 0.15) is 5.69 Å². The second kappa shape index (κ2) is 4.28. The normalized spacial score (nSPS) is 31.7. The molecule has 5 heteroatoms. The van der Waals surface area contributed by atoms with E-state index < -0.39 is 0 Å². The monoisotopic (exact) mass is 290 g/mol. The third-order valence-electron chi connectivity index (χ3n) is 5.12. The molecule has 4 atom stereocenters. The van der Waals surface area contributed by atoms with Crippen LogP contribution in [0.2, 0.25) is 0 Å². The average Bonchev–Trinajstić information content (AvgIpc) is 3.26. The first-order valence-corrected chi connectivity index (χ1v) is 7.59. The van der Waals surface area contributed by atoms with Crippen molar-refractivity contribution in [2.24, 2.45) is 11.8 Å². The molecule has 4 heterocycles. The van der Waals surface area contributed by atoms with Gasteiger partial charge in [0.05, 0.1) is 23.4 Å². The van der Waals surface area contributed by atoms with Gasteiger partial charge in [0.25, 0.3) is 0 Å². The van der Waals surface area contributed by atoms with Gasteiger partial charge in [-0.2, -0.15) is 5.26 Å². The number of aromatic nitrogens is 2. The van der Waals surface area contributed by atoms with Gasteiger partial charge in [-0.05, 0) is 6.07 Å². The molecule has 0 saturated carbocycles. The number of benzene rings is 1. The summed E-state index contributed by atoms with van der Waals surface area (Å²) < 4.78 is 5.94. The minimum absolute atomic E-state index is 0.242. The predicted molar refractivity (Wildman–Crippen MR) is 81.2 cm³/mol. The van der Waals surface area contributed by atoms with Gasteiger partial charge < -0.3 is 9.64 Å². The third kappa shape index (κ3) is 1.50. The number of nitriles is 1. The van der Waals surface area contributed by atoms with Crippen molar-refractivity contribution in [1.29, 1.82) is 5.26 Å². The van der Waals surface area contributed by atoms with Gasteiger partial charge in [0.2, 0.25) is 0 Å². The molecule has 108 valence electrons. The summed E-state index contributed by atoms with van der Waals surface area (Å²) in [4.78, 5) is 2.31. The first-order chi connectivity index (χ1) is 10.8. The van der Waals surface area contributed by atoms with E-state index in [0.717, 1.165) is 29.7 Å². The topological polar surface area (TPSA) is 62.0 Å². The Bertz CT molecular complexity index is 820. The lowest BCUT2D eigenvalue weighted by atomic mass is 9.86. The predicted octanol–water partition coefficient (Wildman–Crippen LogP) is 1.89. The largest absolute Gasteiger partial charge is 0.368 e. The van der Waals surface area contributed by atoms with Crippen molar-refractivity contribution in [2.75, 3.05) is 18.0 Å². The molecule has 0 radical (unpaired) electrons. The van der Waals surface area contributed by atoms with E-state index in [0.29, 0.717) is 17.5 Å². The van der Waals surface area contributed by atoms with Crippen molar-refractivity contribution >= 4 is 16.6 Å². The van der Waals surface area contributed by atoms with Crippen LogP contribution in [0, 0.1) is 23.2 Å². The van der Waals surface area contributed by atoms with Gasteiger partial charge in [-0.3, -0.25) is 0 Å². The number of rotatable bonds is 1. The Morgan fingerprint density at radius 1 is 1.09 bits per heavy atom. The maximum absolute atomic E-state index is 9.44. The quantitative estimate of drug-likeness (QED) is 0.751. The molecule has 1 aromatic heterocycles. The van der Waals surface area contributed by atoms with Crippen LogP contribution in [0.3, 0.4) is 0 Å². The van der Waals surface area contributed by atoms with Crippen LogP contribution < -0.4 is 4.90 Å². The standard InChI is InChI=1S/C17H14N4O/c18-7-14-17(10-3-1-2-4-13(10)19-20-14)21-8-11-12(9-21)16-6-5-15(11)22-16/h1-6,11-12,15-16H,8-9H2. The van der Waals surface area contributed by atoms with Crippen molar-refractivity contribution in [1.82, 2.24) is 10.2 Å². The molecule has 0 amide bonds. The smallest absolute Gasteiger partial charge is 0.187 e. The van der Waals surface area contributed by atoms with Crippen molar-refractivity contribution in [3.8, 4) is 6.07 Å². The van der Waals surface area contributed by atoms with Crippen molar-refractivity contribution in [2.45, 2.75) is 12.2 Å². The summed E-state index contributed by atoms with van der Waals surface area (Å²) in [7, 11) is 0. The van der Waals surface area contributed by atoms with E-state index in [1.165, 1.54) is 0 Å². The van der Waals surface area contributed by atoms with Gasteiger partial charge in [0.15, 0.2) is 5.69 Å². The van der Waals surface area contributed by atoms with Crippen LogP contribution in [0.15, 0.2) is 36.4 Å². The van der Waals surface area contributed by atoms with Crippen molar-refractivity contribution < 1.29 is 4.74 Å². The second-order valence-electron chi connectivity index (χ2n) is 6.21. The van der Waals surface area contributed by atoms with Crippen LogP contribution in [0.25, 0.3) is 10.9 Å².